The lowest BCUT2D eigenvalue weighted by Crippen LogP contribution is -2.20. The van der Waals surface area contributed by atoms with Gasteiger partial charge < -0.3 is 10.3 Å². The molecule has 3 nitrogen and oxygen atoms in total. The molecule has 1 aromatic heterocycles. The second kappa shape index (κ2) is 3.34. The maximum Gasteiger partial charge on any atom is 0.186 e. The number of H-pyrrole nitrogens is 1. The Morgan fingerprint density at radius 1 is 1.54 bits per heavy atom. The first kappa shape index (κ1) is 8.51. The lowest BCUT2D eigenvalue weighted by atomic mass is 10.1. The molecule has 1 aliphatic rings. The summed E-state index contributed by atoms with van der Waals surface area (Å²) >= 11 is 0. The molecular formula is C10H14N2O. The molecule has 0 spiro atoms. The van der Waals surface area contributed by atoms with Crippen molar-refractivity contribution in [1.29, 1.82) is 0 Å². The highest BCUT2D eigenvalue weighted by Gasteiger charge is 2.18. The Balaban J connectivity index is 2.34. The van der Waals surface area contributed by atoms with Crippen molar-refractivity contribution in [3.63, 3.8) is 0 Å². The molecule has 2 N–H and O–H groups in total. The van der Waals surface area contributed by atoms with Crippen LogP contribution >= 0.6 is 0 Å². The number of hydrogen-bond acceptors (Lipinski definition) is 2. The van der Waals surface area contributed by atoms with Crippen LogP contribution in [0.4, 0.5) is 0 Å². The summed E-state index contributed by atoms with van der Waals surface area (Å²) in [4.78, 5) is 14.6. The van der Waals surface area contributed by atoms with Gasteiger partial charge in [0, 0.05) is 29.6 Å². The van der Waals surface area contributed by atoms with E-state index in [4.69, 9.17) is 0 Å². The van der Waals surface area contributed by atoms with Gasteiger partial charge in [-0.1, -0.05) is 0 Å². The molecule has 13 heavy (non-hydrogen) atoms. The smallest absolute Gasteiger partial charge is 0.186 e. The molecule has 0 amide bonds. The topological polar surface area (TPSA) is 44.9 Å². The molecule has 0 aliphatic carbocycles. The summed E-state index contributed by atoms with van der Waals surface area (Å²) in [5, 5.41) is 3.31. The average molecular weight is 178 g/mol. The lowest BCUT2D eigenvalue weighted by molar-refractivity contribution is 0.640. The number of nitrogens with one attached hydrogen (secondary N) is 2. The molecule has 2 rings (SSSR count). The second-order valence-corrected chi connectivity index (χ2v) is 3.58. The standard InChI is InChI=1S/C10H14N2O/c1-7-5-10(13)8(6-12-7)9-3-2-4-11-9/h5-6,9,11H,2-4H2,1H3,(H,12,13). The zero-order valence-electron chi connectivity index (χ0n) is 7.76. The Kier molecular flexibility index (Phi) is 2.19. The highest BCUT2D eigenvalue weighted by molar-refractivity contribution is 5.18. The van der Waals surface area contributed by atoms with E-state index in [-0.39, 0.29) is 11.5 Å². The molecule has 70 valence electrons. The van der Waals surface area contributed by atoms with E-state index in [9.17, 15) is 4.79 Å². The maximum atomic E-state index is 11.6. The van der Waals surface area contributed by atoms with Crippen molar-refractivity contribution in [3.05, 3.63) is 33.7 Å². The van der Waals surface area contributed by atoms with Crippen LogP contribution in [0, 0.1) is 6.92 Å². The number of hydrogen-bond donors (Lipinski definition) is 2. The van der Waals surface area contributed by atoms with Crippen molar-refractivity contribution in [2.45, 2.75) is 25.8 Å². The van der Waals surface area contributed by atoms with E-state index in [1.165, 1.54) is 0 Å². The van der Waals surface area contributed by atoms with Crippen LogP contribution in [0.25, 0.3) is 0 Å². The minimum absolute atomic E-state index is 0.149. The molecule has 0 bridgehead atoms. The van der Waals surface area contributed by atoms with E-state index in [0.717, 1.165) is 30.6 Å². The predicted octanol–water partition coefficient (Wildman–Crippen LogP) is 1.11. The fourth-order valence-corrected chi connectivity index (χ4v) is 1.81. The fourth-order valence-electron chi connectivity index (χ4n) is 1.81. The van der Waals surface area contributed by atoms with Gasteiger partial charge in [-0.05, 0) is 26.3 Å². The minimum Gasteiger partial charge on any atom is -0.365 e. The molecule has 1 fully saturated rings. The molecule has 1 aromatic rings. The quantitative estimate of drug-likeness (QED) is 0.676. The molecule has 0 aromatic carbocycles. The van der Waals surface area contributed by atoms with Gasteiger partial charge >= 0.3 is 0 Å². The Labute approximate surface area is 77.2 Å². The summed E-state index contributed by atoms with van der Waals surface area (Å²) in [5.41, 5.74) is 1.95. The normalized spacial score (nSPS) is 22.1. The average Bonchev–Trinajstić information content (AvgIpc) is 2.56. The predicted molar refractivity (Wildman–Crippen MR) is 51.8 cm³/mol. The van der Waals surface area contributed by atoms with Crippen LogP contribution in [0.2, 0.25) is 0 Å². The minimum atomic E-state index is 0.149. The second-order valence-electron chi connectivity index (χ2n) is 3.58. The van der Waals surface area contributed by atoms with E-state index in [2.05, 4.69) is 10.3 Å². The molecule has 0 radical (unpaired) electrons. The van der Waals surface area contributed by atoms with Gasteiger partial charge in [-0.25, -0.2) is 0 Å². The van der Waals surface area contributed by atoms with Gasteiger partial charge in [-0.15, -0.1) is 0 Å². The molecule has 1 atom stereocenters. The molecule has 1 aliphatic heterocycles. The number of aryl methyl sites for hydroxylation is 1. The molecule has 1 saturated heterocycles. The monoisotopic (exact) mass is 178 g/mol. The van der Waals surface area contributed by atoms with Crippen molar-refractivity contribution in [3.8, 4) is 0 Å². The number of rotatable bonds is 1. The van der Waals surface area contributed by atoms with Crippen molar-refractivity contribution >= 4 is 0 Å². The van der Waals surface area contributed by atoms with Crippen LogP contribution in [0.1, 0.15) is 30.1 Å². The molecular weight excluding hydrogens is 164 g/mol. The van der Waals surface area contributed by atoms with Gasteiger partial charge in [-0.2, -0.15) is 0 Å². The lowest BCUT2D eigenvalue weighted by Gasteiger charge is -2.08. The van der Waals surface area contributed by atoms with Gasteiger partial charge in [0.05, 0.1) is 0 Å². The van der Waals surface area contributed by atoms with Gasteiger partial charge in [0.15, 0.2) is 5.43 Å². The van der Waals surface area contributed by atoms with E-state index >= 15 is 0 Å². The summed E-state index contributed by atoms with van der Waals surface area (Å²) in [7, 11) is 0. The van der Waals surface area contributed by atoms with Crippen molar-refractivity contribution < 1.29 is 0 Å². The Morgan fingerprint density at radius 2 is 2.38 bits per heavy atom. The number of aromatic nitrogens is 1. The van der Waals surface area contributed by atoms with Gasteiger partial charge in [0.25, 0.3) is 0 Å². The van der Waals surface area contributed by atoms with E-state index in [1.807, 2.05) is 13.1 Å². The third-order valence-corrected chi connectivity index (χ3v) is 2.52. The molecule has 0 saturated carbocycles. The van der Waals surface area contributed by atoms with Crippen molar-refractivity contribution in [2.75, 3.05) is 6.54 Å². The first-order valence-corrected chi connectivity index (χ1v) is 4.70. The van der Waals surface area contributed by atoms with Crippen LogP contribution in [0.15, 0.2) is 17.1 Å². The van der Waals surface area contributed by atoms with Crippen LogP contribution in [0.5, 0.6) is 0 Å². The summed E-state index contributed by atoms with van der Waals surface area (Å²) in [5.74, 6) is 0. The molecule has 2 heterocycles. The maximum absolute atomic E-state index is 11.6. The van der Waals surface area contributed by atoms with Crippen molar-refractivity contribution in [2.24, 2.45) is 0 Å². The largest absolute Gasteiger partial charge is 0.365 e. The molecule has 3 heteroatoms. The van der Waals surface area contributed by atoms with Gasteiger partial charge in [0.1, 0.15) is 0 Å². The van der Waals surface area contributed by atoms with E-state index in [1.54, 1.807) is 6.07 Å². The summed E-state index contributed by atoms with van der Waals surface area (Å²) in [6.45, 7) is 2.92. The summed E-state index contributed by atoms with van der Waals surface area (Å²) in [6.07, 6.45) is 4.07. The Bertz CT molecular complexity index is 350. The van der Waals surface area contributed by atoms with Crippen LogP contribution < -0.4 is 10.7 Å². The fraction of sp³-hybridized carbons (Fsp3) is 0.500. The van der Waals surface area contributed by atoms with Crippen LogP contribution in [0.3, 0.4) is 0 Å². The first-order valence-electron chi connectivity index (χ1n) is 4.70. The van der Waals surface area contributed by atoms with Crippen molar-refractivity contribution in [1.82, 2.24) is 10.3 Å². The Hall–Kier alpha value is -1.09. The SMILES string of the molecule is Cc1cc(=O)c(C2CCCN2)c[nH]1. The highest BCUT2D eigenvalue weighted by atomic mass is 16.1. The molecule has 1 unspecified atom stereocenters. The third kappa shape index (κ3) is 1.65. The number of aromatic amines is 1. The third-order valence-electron chi connectivity index (χ3n) is 2.52. The first-order chi connectivity index (χ1) is 6.27. The zero-order chi connectivity index (χ0) is 9.26. The van der Waals surface area contributed by atoms with E-state index in [0.29, 0.717) is 0 Å². The zero-order valence-corrected chi connectivity index (χ0v) is 7.76. The van der Waals surface area contributed by atoms with E-state index < -0.39 is 0 Å². The Morgan fingerprint density at radius 3 is 3.00 bits per heavy atom. The van der Waals surface area contributed by atoms with Crippen LogP contribution in [-0.2, 0) is 0 Å². The van der Waals surface area contributed by atoms with Gasteiger partial charge in [0.2, 0.25) is 0 Å². The summed E-state index contributed by atoms with van der Waals surface area (Å²) < 4.78 is 0. The van der Waals surface area contributed by atoms with Crippen LogP contribution in [-0.4, -0.2) is 11.5 Å². The van der Waals surface area contributed by atoms with Gasteiger partial charge in [-0.3, -0.25) is 4.79 Å². The number of pyridine rings is 1. The highest BCUT2D eigenvalue weighted by Crippen LogP contribution is 2.19. The summed E-state index contributed by atoms with van der Waals surface area (Å²) in [6, 6.07) is 1.93.